The molecule has 20 heavy (non-hydrogen) atoms. The normalized spacial score (nSPS) is 10.4. The monoisotopic (exact) mass is 267 g/mol. The van der Waals surface area contributed by atoms with E-state index in [0.717, 1.165) is 11.3 Å². The summed E-state index contributed by atoms with van der Waals surface area (Å²) in [6, 6.07) is 7.60. The number of hydrogen-bond donors (Lipinski definition) is 0. The van der Waals surface area contributed by atoms with Crippen molar-refractivity contribution in [2.45, 2.75) is 6.61 Å². The average molecular weight is 267 g/mol. The molecule has 0 N–H and O–H groups in total. The van der Waals surface area contributed by atoms with Crippen molar-refractivity contribution in [1.29, 1.82) is 0 Å². The molecule has 0 fully saturated rings. The topological polar surface area (TPSA) is 73.9 Å². The smallest absolute Gasteiger partial charge is 0.316 e. The number of rotatable bonds is 4. The second-order valence-electron chi connectivity index (χ2n) is 4.05. The number of pyridine rings is 1. The van der Waals surface area contributed by atoms with Crippen molar-refractivity contribution in [3.8, 4) is 17.3 Å². The minimum absolute atomic E-state index is 0.266. The van der Waals surface area contributed by atoms with Gasteiger partial charge >= 0.3 is 6.01 Å². The molecule has 0 aromatic carbocycles. The molecule has 0 saturated carbocycles. The second kappa shape index (κ2) is 5.48. The highest BCUT2D eigenvalue weighted by molar-refractivity contribution is 5.56. The van der Waals surface area contributed by atoms with E-state index in [1.54, 1.807) is 18.5 Å². The van der Waals surface area contributed by atoms with Crippen LogP contribution in [0.25, 0.3) is 11.3 Å². The summed E-state index contributed by atoms with van der Waals surface area (Å²) < 4.78 is 10.1. The van der Waals surface area contributed by atoms with Crippen molar-refractivity contribution in [2.24, 2.45) is 0 Å². The summed E-state index contributed by atoms with van der Waals surface area (Å²) in [5.41, 5.74) is 2.97. The molecule has 3 heterocycles. The molecule has 6 heteroatoms. The largest absolute Gasteiger partial charge is 0.457 e. The molecule has 3 aromatic rings. The van der Waals surface area contributed by atoms with Crippen molar-refractivity contribution in [1.82, 2.24) is 20.1 Å². The van der Waals surface area contributed by atoms with Gasteiger partial charge in [0.15, 0.2) is 0 Å². The summed E-state index contributed by atoms with van der Waals surface area (Å²) in [6.07, 6.45) is 4.81. The summed E-state index contributed by atoms with van der Waals surface area (Å²) in [5, 5.41) is 3.73. The third-order valence-corrected chi connectivity index (χ3v) is 2.57. The molecule has 0 unspecified atom stereocenters. The number of ether oxygens (including phenoxy) is 1. The molecule has 0 aliphatic rings. The van der Waals surface area contributed by atoms with Crippen molar-refractivity contribution >= 4 is 0 Å². The van der Waals surface area contributed by atoms with Crippen molar-refractivity contribution in [2.75, 3.05) is 0 Å². The molecule has 0 aliphatic carbocycles. The first-order valence-electron chi connectivity index (χ1n) is 5.95. The Morgan fingerprint density at radius 1 is 1.15 bits per heavy atom. The van der Waals surface area contributed by atoms with E-state index >= 15 is 0 Å². The van der Waals surface area contributed by atoms with Crippen LogP contribution in [0, 0.1) is 6.92 Å². The highest BCUT2D eigenvalue weighted by atomic mass is 16.5. The van der Waals surface area contributed by atoms with Crippen LogP contribution < -0.4 is 4.74 Å². The van der Waals surface area contributed by atoms with Gasteiger partial charge in [-0.25, -0.2) is 9.97 Å². The third-order valence-electron chi connectivity index (χ3n) is 2.57. The van der Waals surface area contributed by atoms with Gasteiger partial charge in [0.2, 0.25) is 0 Å². The van der Waals surface area contributed by atoms with Crippen LogP contribution in [-0.2, 0) is 6.61 Å². The van der Waals surface area contributed by atoms with Gasteiger partial charge in [0.1, 0.15) is 18.6 Å². The molecule has 3 aromatic heterocycles. The quantitative estimate of drug-likeness (QED) is 0.722. The van der Waals surface area contributed by atoms with Gasteiger partial charge in [-0.05, 0) is 19.1 Å². The maximum absolute atomic E-state index is 5.39. The SMILES string of the molecule is [CH2]c1cccc(-c2cnc(OCc3ccon3)nc2)n1. The van der Waals surface area contributed by atoms with Crippen LogP contribution in [0.1, 0.15) is 11.4 Å². The van der Waals surface area contributed by atoms with Gasteiger partial charge in [0, 0.05) is 29.7 Å². The zero-order valence-corrected chi connectivity index (χ0v) is 10.6. The first-order valence-corrected chi connectivity index (χ1v) is 5.95. The lowest BCUT2D eigenvalue weighted by molar-refractivity contribution is 0.267. The first-order chi connectivity index (χ1) is 9.81. The maximum atomic E-state index is 5.39. The fourth-order valence-electron chi connectivity index (χ4n) is 1.61. The van der Waals surface area contributed by atoms with Crippen molar-refractivity contribution < 1.29 is 9.26 Å². The van der Waals surface area contributed by atoms with Crippen LogP contribution in [0.5, 0.6) is 6.01 Å². The Balaban J connectivity index is 1.71. The van der Waals surface area contributed by atoms with Gasteiger partial charge in [0.05, 0.1) is 5.69 Å². The molecular weight excluding hydrogens is 256 g/mol. The highest BCUT2D eigenvalue weighted by Gasteiger charge is 2.04. The fourth-order valence-corrected chi connectivity index (χ4v) is 1.61. The van der Waals surface area contributed by atoms with E-state index in [1.165, 1.54) is 6.26 Å². The summed E-state index contributed by atoms with van der Waals surface area (Å²) in [4.78, 5) is 12.6. The molecule has 0 amide bonds. The molecule has 0 bridgehead atoms. The molecular formula is C14H11N4O2. The molecule has 99 valence electrons. The van der Waals surface area contributed by atoms with E-state index in [4.69, 9.17) is 9.26 Å². The molecule has 1 radical (unpaired) electrons. The number of nitrogens with zero attached hydrogens (tertiary/aromatic N) is 4. The Hall–Kier alpha value is -2.76. The van der Waals surface area contributed by atoms with Gasteiger partial charge in [-0.3, -0.25) is 4.98 Å². The van der Waals surface area contributed by atoms with Gasteiger partial charge in [-0.15, -0.1) is 0 Å². The van der Waals surface area contributed by atoms with E-state index in [2.05, 4.69) is 27.0 Å². The lowest BCUT2D eigenvalue weighted by atomic mass is 10.2. The molecule has 0 atom stereocenters. The van der Waals surface area contributed by atoms with E-state index in [9.17, 15) is 0 Å². The second-order valence-corrected chi connectivity index (χ2v) is 4.05. The Bertz CT molecular complexity index is 681. The summed E-state index contributed by atoms with van der Waals surface area (Å²) in [6.45, 7) is 4.06. The van der Waals surface area contributed by atoms with Crippen LogP contribution in [-0.4, -0.2) is 20.1 Å². The summed E-state index contributed by atoms with van der Waals surface area (Å²) in [5.74, 6) is 0. The minimum Gasteiger partial charge on any atom is -0.457 e. The van der Waals surface area contributed by atoms with Gasteiger partial charge < -0.3 is 9.26 Å². The van der Waals surface area contributed by atoms with Crippen molar-refractivity contribution in [3.63, 3.8) is 0 Å². The average Bonchev–Trinajstić information content (AvgIpc) is 2.99. The maximum Gasteiger partial charge on any atom is 0.316 e. The van der Waals surface area contributed by atoms with Crippen LogP contribution in [0.2, 0.25) is 0 Å². The standard InChI is InChI=1S/C14H11N4O2/c1-10-3-2-4-13(17-10)11-7-15-14(16-8-11)19-9-12-5-6-20-18-12/h2-8H,1,9H2. The predicted octanol–water partition coefficient (Wildman–Crippen LogP) is 2.29. The summed E-state index contributed by atoms with van der Waals surface area (Å²) in [7, 11) is 0. The fraction of sp³-hybridized carbons (Fsp3) is 0.0714. The van der Waals surface area contributed by atoms with E-state index in [1.807, 2.05) is 18.2 Å². The lowest BCUT2D eigenvalue weighted by Crippen LogP contribution is -1.99. The summed E-state index contributed by atoms with van der Waals surface area (Å²) >= 11 is 0. The molecule has 6 nitrogen and oxygen atoms in total. The van der Waals surface area contributed by atoms with Gasteiger partial charge in [-0.1, -0.05) is 11.2 Å². The van der Waals surface area contributed by atoms with Crippen LogP contribution in [0.4, 0.5) is 0 Å². The first kappa shape index (κ1) is 12.3. The Labute approximate surface area is 115 Å². The molecule has 3 rings (SSSR count). The molecule has 0 spiro atoms. The van der Waals surface area contributed by atoms with E-state index in [-0.39, 0.29) is 12.6 Å². The number of aromatic nitrogens is 4. The van der Waals surface area contributed by atoms with Crippen LogP contribution >= 0.6 is 0 Å². The van der Waals surface area contributed by atoms with Crippen LogP contribution in [0.15, 0.2) is 47.4 Å². The minimum atomic E-state index is 0.266. The number of hydrogen-bond acceptors (Lipinski definition) is 6. The van der Waals surface area contributed by atoms with Gasteiger partial charge in [0.25, 0.3) is 0 Å². The highest BCUT2D eigenvalue weighted by Crippen LogP contribution is 2.16. The Kier molecular flexibility index (Phi) is 3.36. The van der Waals surface area contributed by atoms with Crippen molar-refractivity contribution in [3.05, 3.63) is 61.2 Å². The third kappa shape index (κ3) is 2.80. The zero-order chi connectivity index (χ0) is 13.8. The molecule has 0 saturated heterocycles. The van der Waals surface area contributed by atoms with Crippen LogP contribution in [0.3, 0.4) is 0 Å². The molecule has 0 aliphatic heterocycles. The zero-order valence-electron chi connectivity index (χ0n) is 10.6. The predicted molar refractivity (Wildman–Crippen MR) is 70.6 cm³/mol. The van der Waals surface area contributed by atoms with E-state index in [0.29, 0.717) is 11.4 Å². The lowest BCUT2D eigenvalue weighted by Gasteiger charge is -2.03. The van der Waals surface area contributed by atoms with Gasteiger partial charge in [-0.2, -0.15) is 0 Å². The Morgan fingerprint density at radius 2 is 2.00 bits per heavy atom. The Morgan fingerprint density at radius 3 is 2.70 bits per heavy atom. The van der Waals surface area contributed by atoms with E-state index < -0.39 is 0 Å².